The van der Waals surface area contributed by atoms with E-state index < -0.39 is 17.2 Å². The molecule has 1 aliphatic heterocycles. The molecule has 0 saturated carbocycles. The maximum atomic E-state index is 13.9. The molecule has 1 heterocycles. The highest BCUT2D eigenvalue weighted by Gasteiger charge is 2.42. The summed E-state index contributed by atoms with van der Waals surface area (Å²) in [4.78, 5) is 42.2. The Labute approximate surface area is 260 Å². The van der Waals surface area contributed by atoms with Crippen LogP contribution < -0.4 is 5.32 Å². The zero-order valence-corrected chi connectivity index (χ0v) is 25.6. The van der Waals surface area contributed by atoms with Gasteiger partial charge < -0.3 is 10.2 Å². The lowest BCUT2D eigenvalue weighted by molar-refractivity contribution is -0.137. The van der Waals surface area contributed by atoms with Crippen LogP contribution >= 0.6 is 0 Å². The van der Waals surface area contributed by atoms with Crippen LogP contribution in [0.15, 0.2) is 72.8 Å². The van der Waals surface area contributed by atoms with Gasteiger partial charge in [-0.2, -0.15) is 13.2 Å². The van der Waals surface area contributed by atoms with Crippen molar-refractivity contribution in [1.29, 1.82) is 0 Å². The molecule has 1 aliphatic carbocycles. The van der Waals surface area contributed by atoms with Crippen LogP contribution in [0, 0.1) is 19.3 Å². The van der Waals surface area contributed by atoms with Crippen molar-refractivity contribution in [3.05, 3.63) is 123 Å². The summed E-state index contributed by atoms with van der Waals surface area (Å²) in [5.74, 6) is -0.360. The first-order chi connectivity index (χ1) is 21.2. The zero-order valence-electron chi connectivity index (χ0n) is 25.6. The number of carbonyl (C=O) groups excluding carboxylic acids is 3. The molecule has 0 unspecified atom stereocenters. The molecule has 4 aromatic rings. The second-order valence-electron chi connectivity index (χ2n) is 12.7. The number of Topliss-reactive ketones (excluding diaryl/α,β-unsaturated/α-hetero) is 1. The van der Waals surface area contributed by atoms with E-state index in [1.54, 1.807) is 30.3 Å². The minimum absolute atomic E-state index is 0.0721. The quantitative estimate of drug-likeness (QED) is 0.253. The number of aryl methyl sites for hydroxylation is 2. The molecule has 0 saturated heterocycles. The van der Waals surface area contributed by atoms with E-state index in [0.717, 1.165) is 39.9 Å². The summed E-state index contributed by atoms with van der Waals surface area (Å²) in [6.45, 7) is 8.63. The van der Waals surface area contributed by atoms with Gasteiger partial charge >= 0.3 is 6.18 Å². The van der Waals surface area contributed by atoms with Gasteiger partial charge in [0, 0.05) is 40.9 Å². The lowest BCUT2D eigenvalue weighted by atomic mass is 9.88. The Bertz CT molecular complexity index is 1870. The first-order valence-electron chi connectivity index (χ1n) is 14.9. The van der Waals surface area contributed by atoms with Gasteiger partial charge in [-0.15, -0.1) is 0 Å². The molecular formula is C37H33F3N2O3. The van der Waals surface area contributed by atoms with Gasteiger partial charge in [0.1, 0.15) is 0 Å². The number of carbonyl (C=O) groups is 3. The van der Waals surface area contributed by atoms with Crippen molar-refractivity contribution < 1.29 is 27.6 Å². The third-order valence-electron chi connectivity index (χ3n) is 8.96. The fraction of sp³-hybridized carbons (Fsp3) is 0.270. The summed E-state index contributed by atoms with van der Waals surface area (Å²) >= 11 is 0. The number of hydrogen-bond acceptors (Lipinski definition) is 3. The minimum Gasteiger partial charge on any atom is -0.334 e. The zero-order chi connectivity index (χ0) is 32.3. The van der Waals surface area contributed by atoms with Crippen molar-refractivity contribution >= 4 is 23.3 Å². The normalized spacial score (nSPS) is 15.4. The number of nitrogens with one attached hydrogen (secondary N) is 1. The Balaban J connectivity index is 1.20. The highest BCUT2D eigenvalue weighted by molar-refractivity contribution is 6.10. The van der Waals surface area contributed by atoms with Crippen molar-refractivity contribution in [1.82, 2.24) is 4.90 Å². The van der Waals surface area contributed by atoms with E-state index in [1.165, 1.54) is 12.1 Å². The number of halogens is 3. The van der Waals surface area contributed by atoms with E-state index in [9.17, 15) is 27.6 Å². The van der Waals surface area contributed by atoms with E-state index in [4.69, 9.17) is 0 Å². The van der Waals surface area contributed by atoms with Gasteiger partial charge in [0.05, 0.1) is 5.56 Å². The molecule has 0 fully saturated rings. The van der Waals surface area contributed by atoms with Crippen molar-refractivity contribution in [2.75, 3.05) is 11.9 Å². The van der Waals surface area contributed by atoms with Crippen LogP contribution in [0.25, 0.3) is 11.1 Å². The maximum absolute atomic E-state index is 13.9. The van der Waals surface area contributed by atoms with Crippen LogP contribution in [0.2, 0.25) is 0 Å². The van der Waals surface area contributed by atoms with Crippen LogP contribution in [0.1, 0.15) is 78.3 Å². The van der Waals surface area contributed by atoms with Crippen molar-refractivity contribution in [2.45, 2.75) is 53.3 Å². The third-order valence-corrected chi connectivity index (χ3v) is 8.96. The standard InChI is InChI=1S/C37H33F3N2O3/c1-21-17-22(2)32(30-19-36(3,4)33(43)31(21)30)35(45)42-16-15-24-18-27(14-11-25(24)20-42)41-34(44)29-8-6-5-7-28(29)23-9-12-26(13-10-23)37(38,39)40/h5-14,17-18H,15-16,19-20H2,1-4H3,(H,41,44). The monoisotopic (exact) mass is 610 g/mol. The molecule has 0 radical (unpaired) electrons. The molecule has 8 heteroatoms. The molecule has 0 atom stereocenters. The molecule has 4 aromatic carbocycles. The molecule has 1 N–H and O–H groups in total. The Kier molecular flexibility index (Phi) is 7.42. The van der Waals surface area contributed by atoms with E-state index in [2.05, 4.69) is 5.32 Å². The number of anilines is 1. The summed E-state index contributed by atoms with van der Waals surface area (Å²) in [7, 11) is 0. The SMILES string of the molecule is Cc1cc(C)c2c(c1C(=O)N1CCc3cc(NC(=O)c4ccccc4-c4ccc(C(F)(F)F)cc4)ccc3C1)CC(C)(C)C2=O. The van der Waals surface area contributed by atoms with Crippen LogP contribution in [0.5, 0.6) is 0 Å². The third kappa shape index (κ3) is 5.54. The fourth-order valence-electron chi connectivity index (χ4n) is 6.65. The van der Waals surface area contributed by atoms with E-state index >= 15 is 0 Å². The Morgan fingerprint density at radius 3 is 2.31 bits per heavy atom. The van der Waals surface area contributed by atoms with E-state index in [0.29, 0.717) is 59.4 Å². The largest absolute Gasteiger partial charge is 0.416 e. The number of benzene rings is 4. The summed E-state index contributed by atoms with van der Waals surface area (Å²) in [6.07, 6.45) is -3.30. The second-order valence-corrected chi connectivity index (χ2v) is 12.7. The number of fused-ring (bicyclic) bond motifs is 2. The molecule has 0 bridgehead atoms. The van der Waals surface area contributed by atoms with Gasteiger partial charge in [-0.1, -0.05) is 56.3 Å². The topological polar surface area (TPSA) is 66.5 Å². The smallest absolute Gasteiger partial charge is 0.334 e. The van der Waals surface area contributed by atoms with Crippen LogP contribution in [-0.2, 0) is 25.6 Å². The lowest BCUT2D eigenvalue weighted by Crippen LogP contribution is -2.37. The summed E-state index contributed by atoms with van der Waals surface area (Å²) in [6, 6.07) is 19.1. The lowest BCUT2D eigenvalue weighted by Gasteiger charge is -2.30. The average Bonchev–Trinajstić information content (AvgIpc) is 3.24. The molecule has 0 spiro atoms. The number of alkyl halides is 3. The van der Waals surface area contributed by atoms with Crippen LogP contribution in [0.4, 0.5) is 18.9 Å². The summed E-state index contributed by atoms with van der Waals surface area (Å²) in [5.41, 5.74) is 6.65. The van der Waals surface area contributed by atoms with Crippen LogP contribution in [0.3, 0.4) is 0 Å². The van der Waals surface area contributed by atoms with E-state index in [1.807, 2.05) is 50.8 Å². The Morgan fingerprint density at radius 2 is 1.60 bits per heavy atom. The number of nitrogens with zero attached hydrogens (tertiary/aromatic N) is 1. The maximum Gasteiger partial charge on any atom is 0.416 e. The predicted octanol–water partition coefficient (Wildman–Crippen LogP) is 8.21. The van der Waals surface area contributed by atoms with E-state index in [-0.39, 0.29) is 17.6 Å². The molecule has 0 aromatic heterocycles. The number of hydrogen-bond donors (Lipinski definition) is 1. The fourth-order valence-corrected chi connectivity index (χ4v) is 6.65. The van der Waals surface area contributed by atoms with Gasteiger partial charge in [-0.05, 0) is 96.0 Å². The number of ketones is 1. The molecule has 45 heavy (non-hydrogen) atoms. The van der Waals surface area contributed by atoms with Gasteiger partial charge in [0.2, 0.25) is 0 Å². The average molecular weight is 611 g/mol. The highest BCUT2D eigenvalue weighted by atomic mass is 19.4. The van der Waals surface area contributed by atoms with Gasteiger partial charge in [-0.25, -0.2) is 0 Å². The van der Waals surface area contributed by atoms with Crippen molar-refractivity contribution in [3.63, 3.8) is 0 Å². The number of rotatable bonds is 4. The predicted molar refractivity (Wildman–Crippen MR) is 167 cm³/mol. The number of amides is 2. The van der Waals surface area contributed by atoms with Crippen molar-refractivity contribution in [3.8, 4) is 11.1 Å². The minimum atomic E-state index is -4.44. The first kappa shape index (κ1) is 30.3. The van der Waals surface area contributed by atoms with Gasteiger partial charge in [-0.3, -0.25) is 14.4 Å². The Morgan fingerprint density at radius 1 is 0.889 bits per heavy atom. The highest BCUT2D eigenvalue weighted by Crippen LogP contribution is 2.41. The molecule has 2 aliphatic rings. The Hall–Kier alpha value is -4.72. The first-order valence-corrected chi connectivity index (χ1v) is 14.9. The second kappa shape index (κ2) is 11.0. The van der Waals surface area contributed by atoms with Gasteiger partial charge in [0.15, 0.2) is 5.78 Å². The summed E-state index contributed by atoms with van der Waals surface area (Å²) in [5, 5.41) is 2.94. The molecule has 5 nitrogen and oxygen atoms in total. The molecule has 2 amide bonds. The molecule has 230 valence electrons. The van der Waals surface area contributed by atoms with Crippen molar-refractivity contribution in [2.24, 2.45) is 5.41 Å². The van der Waals surface area contributed by atoms with Crippen LogP contribution in [-0.4, -0.2) is 29.0 Å². The summed E-state index contributed by atoms with van der Waals surface area (Å²) < 4.78 is 39.2. The molecule has 6 rings (SSSR count). The molecular weight excluding hydrogens is 577 g/mol. The van der Waals surface area contributed by atoms with Gasteiger partial charge in [0.25, 0.3) is 11.8 Å².